The number of methoxy groups -OCH3 is 1. The molecular weight excluding hydrogens is 386 g/mol. The van der Waals surface area contributed by atoms with Gasteiger partial charge in [0.2, 0.25) is 0 Å². The average molecular weight is 407 g/mol. The monoisotopic (exact) mass is 407 g/mol. The van der Waals surface area contributed by atoms with Crippen LogP contribution in [0.1, 0.15) is 27.5 Å². The Labute approximate surface area is 172 Å². The number of nitrogens with zero attached hydrogens (tertiary/aromatic N) is 2. The van der Waals surface area contributed by atoms with Gasteiger partial charge in [0.15, 0.2) is 5.76 Å². The van der Waals surface area contributed by atoms with Gasteiger partial charge in [0.05, 0.1) is 17.8 Å². The smallest absolute Gasteiger partial charge is 0.287 e. The van der Waals surface area contributed by atoms with Crippen LogP contribution >= 0.6 is 11.3 Å². The Bertz CT molecular complexity index is 1130. The van der Waals surface area contributed by atoms with E-state index in [1.807, 2.05) is 37.3 Å². The second kappa shape index (κ2) is 8.45. The number of ether oxygens (including phenoxy) is 1. The van der Waals surface area contributed by atoms with Crippen LogP contribution in [0.3, 0.4) is 0 Å². The van der Waals surface area contributed by atoms with Crippen LogP contribution in [0.2, 0.25) is 0 Å². The van der Waals surface area contributed by atoms with E-state index in [2.05, 4.69) is 20.7 Å². The van der Waals surface area contributed by atoms with E-state index in [4.69, 9.17) is 9.15 Å². The molecular formula is C22H21N3O3S. The van der Waals surface area contributed by atoms with E-state index in [0.29, 0.717) is 17.9 Å². The predicted octanol–water partition coefficient (Wildman–Crippen LogP) is 4.63. The van der Waals surface area contributed by atoms with Crippen molar-refractivity contribution in [3.8, 4) is 17.0 Å². The zero-order valence-corrected chi connectivity index (χ0v) is 17.1. The van der Waals surface area contributed by atoms with Gasteiger partial charge < -0.3 is 14.5 Å². The standard InChI is InChI=1S/C22H21N3O3S/c1-14-17-12-16(27-2)5-6-19(17)28-21(14)22(26)24-9-3-4-20-25-18(13-29-20)15-7-10-23-11-8-15/h5-8,10-13H,3-4,9H2,1-2H3,(H,24,26). The summed E-state index contributed by atoms with van der Waals surface area (Å²) in [6.45, 7) is 2.44. The fraction of sp³-hybridized carbons (Fsp3) is 0.227. The topological polar surface area (TPSA) is 77.2 Å². The Hall–Kier alpha value is -3.19. The molecule has 0 aliphatic carbocycles. The van der Waals surface area contributed by atoms with Gasteiger partial charge in [-0.15, -0.1) is 11.3 Å². The van der Waals surface area contributed by atoms with Gasteiger partial charge in [0.1, 0.15) is 11.3 Å². The second-order valence-electron chi connectivity index (χ2n) is 6.64. The molecule has 0 bridgehead atoms. The van der Waals surface area contributed by atoms with E-state index in [-0.39, 0.29) is 5.91 Å². The van der Waals surface area contributed by atoms with Crippen LogP contribution in [0, 0.1) is 6.92 Å². The number of carbonyl (C=O) groups is 1. The van der Waals surface area contributed by atoms with Crippen LogP contribution in [0.15, 0.2) is 52.5 Å². The van der Waals surface area contributed by atoms with Gasteiger partial charge in [-0.05, 0) is 43.7 Å². The second-order valence-corrected chi connectivity index (χ2v) is 7.58. The van der Waals surface area contributed by atoms with Crippen LogP contribution in [-0.2, 0) is 6.42 Å². The van der Waals surface area contributed by atoms with E-state index in [1.54, 1.807) is 30.8 Å². The maximum Gasteiger partial charge on any atom is 0.287 e. The van der Waals surface area contributed by atoms with Crippen molar-refractivity contribution in [2.45, 2.75) is 19.8 Å². The van der Waals surface area contributed by atoms with Crippen molar-refractivity contribution in [1.82, 2.24) is 15.3 Å². The molecule has 3 aromatic heterocycles. The molecule has 1 amide bonds. The lowest BCUT2D eigenvalue weighted by molar-refractivity contribution is 0.0927. The highest BCUT2D eigenvalue weighted by Crippen LogP contribution is 2.28. The summed E-state index contributed by atoms with van der Waals surface area (Å²) >= 11 is 1.63. The molecule has 4 rings (SSSR count). The van der Waals surface area contributed by atoms with E-state index >= 15 is 0 Å². The minimum atomic E-state index is -0.200. The van der Waals surface area contributed by atoms with Gasteiger partial charge >= 0.3 is 0 Å². The average Bonchev–Trinajstić information content (AvgIpc) is 3.36. The number of amides is 1. The maximum atomic E-state index is 12.5. The maximum absolute atomic E-state index is 12.5. The van der Waals surface area contributed by atoms with Gasteiger partial charge in [-0.25, -0.2) is 4.98 Å². The summed E-state index contributed by atoms with van der Waals surface area (Å²) in [5.41, 5.74) is 3.52. The first-order valence-electron chi connectivity index (χ1n) is 9.36. The molecule has 7 heteroatoms. The Kier molecular flexibility index (Phi) is 5.57. The minimum Gasteiger partial charge on any atom is -0.497 e. The lowest BCUT2D eigenvalue weighted by atomic mass is 10.1. The van der Waals surface area contributed by atoms with E-state index in [0.717, 1.165) is 45.8 Å². The van der Waals surface area contributed by atoms with Gasteiger partial charge in [-0.1, -0.05) is 0 Å². The zero-order chi connectivity index (χ0) is 20.2. The molecule has 0 atom stereocenters. The highest BCUT2D eigenvalue weighted by atomic mass is 32.1. The molecule has 4 aromatic rings. The summed E-state index contributed by atoms with van der Waals surface area (Å²) in [6.07, 6.45) is 5.15. The number of nitrogens with one attached hydrogen (secondary N) is 1. The lowest BCUT2D eigenvalue weighted by Crippen LogP contribution is -2.24. The van der Waals surface area contributed by atoms with Gasteiger partial charge in [0, 0.05) is 47.3 Å². The summed E-state index contributed by atoms with van der Waals surface area (Å²) in [4.78, 5) is 21.2. The van der Waals surface area contributed by atoms with Crippen molar-refractivity contribution in [2.24, 2.45) is 0 Å². The van der Waals surface area contributed by atoms with Crippen LogP contribution in [0.4, 0.5) is 0 Å². The fourth-order valence-corrected chi connectivity index (χ4v) is 4.00. The number of fused-ring (bicyclic) bond motifs is 1. The summed E-state index contributed by atoms with van der Waals surface area (Å²) in [5.74, 6) is 0.889. The van der Waals surface area contributed by atoms with Crippen molar-refractivity contribution < 1.29 is 13.9 Å². The molecule has 6 nitrogen and oxygen atoms in total. The summed E-state index contributed by atoms with van der Waals surface area (Å²) in [5, 5.41) is 6.94. The molecule has 0 fully saturated rings. The number of furan rings is 1. The zero-order valence-electron chi connectivity index (χ0n) is 16.3. The molecule has 1 N–H and O–H groups in total. The quantitative estimate of drug-likeness (QED) is 0.452. The highest BCUT2D eigenvalue weighted by Gasteiger charge is 2.17. The van der Waals surface area contributed by atoms with Crippen LogP contribution in [0.25, 0.3) is 22.2 Å². The third kappa shape index (κ3) is 4.14. The molecule has 0 unspecified atom stereocenters. The Morgan fingerprint density at radius 3 is 2.86 bits per heavy atom. The van der Waals surface area contributed by atoms with Crippen LogP contribution in [0.5, 0.6) is 5.75 Å². The molecule has 0 spiro atoms. The van der Waals surface area contributed by atoms with Crippen LogP contribution in [-0.4, -0.2) is 29.5 Å². The van der Waals surface area contributed by atoms with Crippen molar-refractivity contribution in [3.63, 3.8) is 0 Å². The number of aryl methyl sites for hydroxylation is 2. The summed E-state index contributed by atoms with van der Waals surface area (Å²) in [7, 11) is 1.62. The number of thiazole rings is 1. The molecule has 148 valence electrons. The van der Waals surface area contributed by atoms with Gasteiger partial charge in [0.25, 0.3) is 5.91 Å². The number of carbonyl (C=O) groups excluding carboxylic acids is 1. The molecule has 3 heterocycles. The van der Waals surface area contributed by atoms with E-state index < -0.39 is 0 Å². The number of rotatable bonds is 7. The molecule has 1 aromatic carbocycles. The fourth-order valence-electron chi connectivity index (χ4n) is 3.15. The van der Waals surface area contributed by atoms with Gasteiger partial charge in [-0.2, -0.15) is 0 Å². The van der Waals surface area contributed by atoms with Crippen molar-refractivity contribution in [1.29, 1.82) is 0 Å². The summed E-state index contributed by atoms with van der Waals surface area (Å²) < 4.78 is 11.0. The Morgan fingerprint density at radius 1 is 1.24 bits per heavy atom. The molecule has 0 aliphatic heterocycles. The predicted molar refractivity (Wildman–Crippen MR) is 114 cm³/mol. The number of benzene rings is 1. The minimum absolute atomic E-state index is 0.200. The molecule has 0 aliphatic rings. The molecule has 0 saturated heterocycles. The van der Waals surface area contributed by atoms with E-state index in [9.17, 15) is 4.79 Å². The number of pyridine rings is 1. The van der Waals surface area contributed by atoms with E-state index in [1.165, 1.54) is 0 Å². The highest BCUT2D eigenvalue weighted by molar-refractivity contribution is 7.09. The number of hydrogen-bond donors (Lipinski definition) is 1. The first kappa shape index (κ1) is 19.1. The summed E-state index contributed by atoms with van der Waals surface area (Å²) in [6, 6.07) is 9.42. The number of aromatic nitrogens is 2. The third-order valence-corrected chi connectivity index (χ3v) is 5.64. The van der Waals surface area contributed by atoms with Crippen molar-refractivity contribution in [3.05, 3.63) is 64.4 Å². The van der Waals surface area contributed by atoms with Crippen molar-refractivity contribution >= 4 is 28.2 Å². The largest absolute Gasteiger partial charge is 0.497 e. The third-order valence-electron chi connectivity index (χ3n) is 4.73. The first-order valence-corrected chi connectivity index (χ1v) is 10.2. The van der Waals surface area contributed by atoms with Crippen LogP contribution < -0.4 is 10.1 Å². The molecule has 0 radical (unpaired) electrons. The van der Waals surface area contributed by atoms with Crippen molar-refractivity contribution in [2.75, 3.05) is 13.7 Å². The SMILES string of the molecule is COc1ccc2oc(C(=O)NCCCc3nc(-c4ccncc4)cs3)c(C)c2c1. The van der Waals surface area contributed by atoms with Gasteiger partial charge in [-0.3, -0.25) is 9.78 Å². The molecule has 0 saturated carbocycles. The molecule has 29 heavy (non-hydrogen) atoms. The first-order chi connectivity index (χ1) is 14.2. The Balaban J connectivity index is 1.33. The lowest BCUT2D eigenvalue weighted by Gasteiger charge is -2.03. The normalized spacial score (nSPS) is 11.0. The Morgan fingerprint density at radius 2 is 2.07 bits per heavy atom. The number of hydrogen-bond acceptors (Lipinski definition) is 6.